The van der Waals surface area contributed by atoms with Gasteiger partial charge in [0.05, 0.1) is 5.02 Å². The standard InChI is InChI=1S/C15H11ClN6S/c16-10-6-2-1-4-8(10)14-21-22-13(19-20-15(22)23-14)12-9-5-3-7-11(9)17-18-12/h1-2,4,6H,3,5,7H2,(H,17,18). The third-order valence-corrected chi connectivity index (χ3v) is 5.37. The Labute approximate surface area is 140 Å². The molecule has 0 radical (unpaired) electrons. The summed E-state index contributed by atoms with van der Waals surface area (Å²) in [6, 6.07) is 7.68. The maximum atomic E-state index is 6.27. The Balaban J connectivity index is 1.68. The lowest BCUT2D eigenvalue weighted by atomic mass is 10.2. The fraction of sp³-hybridized carbons (Fsp3) is 0.200. The maximum Gasteiger partial charge on any atom is 0.235 e. The van der Waals surface area contributed by atoms with Crippen LogP contribution in [0.4, 0.5) is 0 Å². The Morgan fingerprint density at radius 3 is 3.00 bits per heavy atom. The first-order valence-electron chi connectivity index (χ1n) is 7.35. The Morgan fingerprint density at radius 2 is 2.09 bits per heavy atom. The zero-order valence-corrected chi connectivity index (χ0v) is 13.5. The van der Waals surface area contributed by atoms with Gasteiger partial charge in [-0.25, -0.2) is 0 Å². The predicted octanol–water partition coefficient (Wildman–Crippen LogP) is 3.39. The number of halogens is 1. The lowest BCUT2D eigenvalue weighted by Gasteiger charge is -1.98. The van der Waals surface area contributed by atoms with Gasteiger partial charge < -0.3 is 0 Å². The smallest absolute Gasteiger partial charge is 0.235 e. The number of fused-ring (bicyclic) bond motifs is 2. The molecule has 0 unspecified atom stereocenters. The Bertz CT molecular complexity index is 1030. The molecule has 4 aromatic rings. The van der Waals surface area contributed by atoms with Crippen molar-refractivity contribution in [2.24, 2.45) is 0 Å². The number of hydrogen-bond donors (Lipinski definition) is 1. The maximum absolute atomic E-state index is 6.27. The van der Waals surface area contributed by atoms with Crippen LogP contribution in [0.5, 0.6) is 0 Å². The third kappa shape index (κ3) is 1.93. The van der Waals surface area contributed by atoms with Gasteiger partial charge in [-0.1, -0.05) is 41.1 Å². The molecule has 1 N–H and O–H groups in total. The summed E-state index contributed by atoms with van der Waals surface area (Å²) in [7, 11) is 0. The molecular weight excluding hydrogens is 332 g/mol. The molecule has 0 bridgehead atoms. The van der Waals surface area contributed by atoms with Gasteiger partial charge in [0.25, 0.3) is 0 Å². The topological polar surface area (TPSA) is 71.8 Å². The molecule has 0 fully saturated rings. The highest BCUT2D eigenvalue weighted by Crippen LogP contribution is 2.34. The summed E-state index contributed by atoms with van der Waals surface area (Å²) in [6.07, 6.45) is 3.23. The first-order valence-corrected chi connectivity index (χ1v) is 8.54. The Morgan fingerprint density at radius 1 is 1.17 bits per heavy atom. The number of benzene rings is 1. The number of aromatic nitrogens is 6. The number of nitrogens with one attached hydrogen (secondary N) is 1. The summed E-state index contributed by atoms with van der Waals surface area (Å²) in [6.45, 7) is 0. The summed E-state index contributed by atoms with van der Waals surface area (Å²) in [5.41, 5.74) is 4.22. The predicted molar refractivity (Wildman–Crippen MR) is 88.7 cm³/mol. The lowest BCUT2D eigenvalue weighted by Crippen LogP contribution is -1.94. The van der Waals surface area contributed by atoms with Crippen molar-refractivity contribution < 1.29 is 0 Å². The Hall–Kier alpha value is -2.25. The fourth-order valence-electron chi connectivity index (χ4n) is 3.01. The second-order valence-corrected chi connectivity index (χ2v) is 6.85. The summed E-state index contributed by atoms with van der Waals surface area (Å²) in [4.78, 5) is 0.740. The van der Waals surface area contributed by atoms with E-state index in [-0.39, 0.29) is 0 Å². The molecule has 0 spiro atoms. The highest BCUT2D eigenvalue weighted by molar-refractivity contribution is 7.19. The van der Waals surface area contributed by atoms with E-state index in [1.807, 2.05) is 24.3 Å². The molecule has 23 heavy (non-hydrogen) atoms. The molecule has 0 saturated carbocycles. The molecule has 5 rings (SSSR count). The van der Waals surface area contributed by atoms with E-state index in [4.69, 9.17) is 11.6 Å². The second kappa shape index (κ2) is 4.87. The number of H-pyrrole nitrogens is 1. The van der Waals surface area contributed by atoms with E-state index in [2.05, 4.69) is 25.5 Å². The van der Waals surface area contributed by atoms with Crippen molar-refractivity contribution in [1.29, 1.82) is 0 Å². The van der Waals surface area contributed by atoms with E-state index in [9.17, 15) is 0 Å². The zero-order chi connectivity index (χ0) is 15.4. The average Bonchev–Trinajstić information content (AvgIpc) is 3.27. The van der Waals surface area contributed by atoms with Crippen LogP contribution in [0.3, 0.4) is 0 Å². The van der Waals surface area contributed by atoms with E-state index >= 15 is 0 Å². The van der Waals surface area contributed by atoms with Gasteiger partial charge in [-0.2, -0.15) is 14.7 Å². The Kier molecular flexibility index (Phi) is 2.80. The van der Waals surface area contributed by atoms with E-state index in [1.165, 1.54) is 22.6 Å². The van der Waals surface area contributed by atoms with Crippen LogP contribution in [0.15, 0.2) is 24.3 Å². The minimum Gasteiger partial charge on any atom is -0.282 e. The lowest BCUT2D eigenvalue weighted by molar-refractivity contribution is 0.859. The average molecular weight is 343 g/mol. The van der Waals surface area contributed by atoms with Gasteiger partial charge in [-0.05, 0) is 25.3 Å². The van der Waals surface area contributed by atoms with E-state index in [0.29, 0.717) is 10.8 Å². The SMILES string of the molecule is Clc1ccccc1-c1nn2c(-c3n[nH]c4c3CCC4)nnc2s1. The summed E-state index contributed by atoms with van der Waals surface area (Å²) < 4.78 is 1.76. The molecule has 114 valence electrons. The van der Waals surface area contributed by atoms with Crippen molar-refractivity contribution in [3.63, 3.8) is 0 Å². The van der Waals surface area contributed by atoms with Crippen LogP contribution in [0, 0.1) is 0 Å². The fourth-order valence-corrected chi connectivity index (χ4v) is 4.17. The molecule has 8 heteroatoms. The molecule has 0 aliphatic heterocycles. The van der Waals surface area contributed by atoms with Crippen LogP contribution in [0.1, 0.15) is 17.7 Å². The van der Waals surface area contributed by atoms with Gasteiger partial charge in [0, 0.05) is 16.8 Å². The van der Waals surface area contributed by atoms with Crippen LogP contribution >= 0.6 is 22.9 Å². The normalized spacial score (nSPS) is 13.8. The third-order valence-electron chi connectivity index (χ3n) is 4.11. The van der Waals surface area contributed by atoms with Crippen LogP contribution in [0.2, 0.25) is 5.02 Å². The number of aromatic amines is 1. The van der Waals surface area contributed by atoms with Crippen LogP contribution in [-0.4, -0.2) is 30.0 Å². The second-order valence-electron chi connectivity index (χ2n) is 5.49. The number of aryl methyl sites for hydroxylation is 1. The molecular formula is C15H11ClN6S. The summed E-state index contributed by atoms with van der Waals surface area (Å²) in [5.74, 6) is 0.689. The van der Waals surface area contributed by atoms with E-state index < -0.39 is 0 Å². The van der Waals surface area contributed by atoms with Crippen molar-refractivity contribution in [3.05, 3.63) is 40.5 Å². The zero-order valence-electron chi connectivity index (χ0n) is 12.0. The molecule has 0 saturated heterocycles. The number of rotatable bonds is 2. The van der Waals surface area contributed by atoms with Gasteiger partial charge in [0.15, 0.2) is 0 Å². The van der Waals surface area contributed by atoms with Crippen molar-refractivity contribution in [2.45, 2.75) is 19.3 Å². The molecule has 1 aromatic carbocycles. The van der Waals surface area contributed by atoms with Gasteiger partial charge in [0.2, 0.25) is 10.8 Å². The van der Waals surface area contributed by atoms with Crippen LogP contribution in [0.25, 0.3) is 27.1 Å². The van der Waals surface area contributed by atoms with Crippen LogP contribution in [-0.2, 0) is 12.8 Å². The van der Waals surface area contributed by atoms with E-state index in [1.54, 1.807) is 4.52 Å². The van der Waals surface area contributed by atoms with Gasteiger partial charge in [-0.3, -0.25) is 5.10 Å². The summed E-state index contributed by atoms with van der Waals surface area (Å²) in [5, 5.41) is 22.2. The molecule has 1 aliphatic rings. The largest absolute Gasteiger partial charge is 0.282 e. The van der Waals surface area contributed by atoms with Crippen molar-refractivity contribution >= 4 is 27.9 Å². The minimum atomic E-state index is 0.680. The van der Waals surface area contributed by atoms with Crippen LogP contribution < -0.4 is 0 Å². The van der Waals surface area contributed by atoms with Crippen molar-refractivity contribution in [3.8, 4) is 22.1 Å². The first kappa shape index (κ1) is 13.2. The quantitative estimate of drug-likeness (QED) is 0.606. The monoisotopic (exact) mass is 342 g/mol. The van der Waals surface area contributed by atoms with Crippen molar-refractivity contribution in [2.75, 3.05) is 0 Å². The van der Waals surface area contributed by atoms with Gasteiger partial charge in [0.1, 0.15) is 10.7 Å². The molecule has 3 heterocycles. The minimum absolute atomic E-state index is 0.680. The summed E-state index contributed by atoms with van der Waals surface area (Å²) >= 11 is 7.75. The first-order chi connectivity index (χ1) is 11.3. The highest BCUT2D eigenvalue weighted by Gasteiger charge is 2.24. The van der Waals surface area contributed by atoms with Crippen molar-refractivity contribution in [1.82, 2.24) is 30.0 Å². The molecule has 0 atom stereocenters. The highest BCUT2D eigenvalue weighted by atomic mass is 35.5. The number of nitrogens with zero attached hydrogens (tertiary/aromatic N) is 5. The molecule has 3 aromatic heterocycles. The number of hydrogen-bond acceptors (Lipinski definition) is 5. The van der Waals surface area contributed by atoms with Gasteiger partial charge >= 0.3 is 0 Å². The van der Waals surface area contributed by atoms with Gasteiger partial charge in [-0.15, -0.1) is 10.2 Å². The molecule has 0 amide bonds. The van der Waals surface area contributed by atoms with E-state index in [0.717, 1.165) is 40.5 Å². The molecule has 1 aliphatic carbocycles. The molecule has 6 nitrogen and oxygen atoms in total.